The number of carbonyl (C=O) groups excluding carboxylic acids is 1. The maximum Gasteiger partial charge on any atom is 0.433 e. The summed E-state index contributed by atoms with van der Waals surface area (Å²) in [5.74, 6) is 0.897. The Kier molecular flexibility index (Phi) is 5.88. The van der Waals surface area contributed by atoms with E-state index in [4.69, 9.17) is 0 Å². The van der Waals surface area contributed by atoms with E-state index in [1.807, 2.05) is 4.90 Å². The first kappa shape index (κ1) is 19.9. The zero-order valence-electron chi connectivity index (χ0n) is 15.4. The van der Waals surface area contributed by atoms with Crippen LogP contribution in [0.4, 0.5) is 13.2 Å². The fourth-order valence-corrected chi connectivity index (χ4v) is 3.98. The minimum atomic E-state index is -4.60. The second kappa shape index (κ2) is 8.00. The monoisotopic (exact) mass is 386 g/mol. The van der Waals surface area contributed by atoms with Crippen molar-refractivity contribution in [2.75, 3.05) is 32.7 Å². The molecule has 0 aromatic carbocycles. The largest absolute Gasteiger partial charge is 0.433 e. The van der Waals surface area contributed by atoms with Crippen LogP contribution in [-0.2, 0) is 17.5 Å². The number of hydrogen-bond donors (Lipinski definition) is 0. The molecule has 0 radical (unpaired) electrons. The van der Waals surface area contributed by atoms with Gasteiger partial charge in [0.05, 0.1) is 6.33 Å². The van der Waals surface area contributed by atoms with Crippen LogP contribution < -0.4 is 5.56 Å². The number of aromatic nitrogens is 2. The topological polar surface area (TPSA) is 58.4 Å². The lowest BCUT2D eigenvalue weighted by Crippen LogP contribution is -2.39. The molecule has 2 fully saturated rings. The molecule has 6 nitrogen and oxygen atoms in total. The summed E-state index contributed by atoms with van der Waals surface area (Å²) in [6.07, 6.45) is -0.756. The fourth-order valence-electron chi connectivity index (χ4n) is 3.98. The molecule has 0 bridgehead atoms. The zero-order chi connectivity index (χ0) is 19.6. The van der Waals surface area contributed by atoms with Crippen LogP contribution in [0.15, 0.2) is 17.2 Å². The number of carbonyl (C=O) groups is 1. The number of likely N-dealkylation sites (tertiary alicyclic amines) is 2. The smallest absolute Gasteiger partial charge is 0.343 e. The maximum absolute atomic E-state index is 12.6. The molecule has 1 aromatic heterocycles. The van der Waals surface area contributed by atoms with Gasteiger partial charge in [0, 0.05) is 39.2 Å². The first-order valence-electron chi connectivity index (χ1n) is 9.34. The number of amides is 1. The van der Waals surface area contributed by atoms with Crippen LogP contribution >= 0.6 is 0 Å². The predicted molar refractivity (Wildman–Crippen MR) is 93.0 cm³/mol. The minimum absolute atomic E-state index is 0.131. The molecule has 0 saturated carbocycles. The van der Waals surface area contributed by atoms with Gasteiger partial charge in [0.2, 0.25) is 5.91 Å². The molecule has 1 unspecified atom stereocenters. The molecule has 3 rings (SSSR count). The van der Waals surface area contributed by atoms with Crippen LogP contribution in [0.2, 0.25) is 0 Å². The van der Waals surface area contributed by atoms with Crippen molar-refractivity contribution >= 4 is 5.91 Å². The van der Waals surface area contributed by atoms with Gasteiger partial charge in [0.1, 0.15) is 0 Å². The highest BCUT2D eigenvalue weighted by Gasteiger charge is 2.33. The van der Waals surface area contributed by atoms with Crippen molar-refractivity contribution in [2.24, 2.45) is 11.8 Å². The van der Waals surface area contributed by atoms with Gasteiger partial charge < -0.3 is 9.80 Å². The van der Waals surface area contributed by atoms with Gasteiger partial charge >= 0.3 is 6.18 Å². The van der Waals surface area contributed by atoms with Crippen LogP contribution in [0.5, 0.6) is 0 Å². The number of hydrogen-bond acceptors (Lipinski definition) is 4. The summed E-state index contributed by atoms with van der Waals surface area (Å²) >= 11 is 0. The molecular formula is C18H25F3N4O2. The van der Waals surface area contributed by atoms with Gasteiger partial charge in [0.25, 0.3) is 5.56 Å². The third-order valence-corrected chi connectivity index (χ3v) is 5.58. The van der Waals surface area contributed by atoms with Crippen molar-refractivity contribution in [1.82, 2.24) is 19.4 Å². The zero-order valence-corrected chi connectivity index (χ0v) is 15.4. The summed E-state index contributed by atoms with van der Waals surface area (Å²) in [6, 6.07) is 0.565. The van der Waals surface area contributed by atoms with Crippen LogP contribution in [0, 0.1) is 11.8 Å². The Morgan fingerprint density at radius 1 is 1.15 bits per heavy atom. The Morgan fingerprint density at radius 3 is 2.37 bits per heavy atom. The summed E-state index contributed by atoms with van der Waals surface area (Å²) in [5.41, 5.74) is -1.80. The predicted octanol–water partition coefficient (Wildman–Crippen LogP) is 1.84. The first-order chi connectivity index (χ1) is 12.7. The van der Waals surface area contributed by atoms with E-state index in [2.05, 4.69) is 9.88 Å². The number of piperidine rings is 1. The molecule has 1 amide bonds. The Morgan fingerprint density at radius 2 is 1.81 bits per heavy atom. The van der Waals surface area contributed by atoms with E-state index >= 15 is 0 Å². The van der Waals surface area contributed by atoms with Gasteiger partial charge in [-0.3, -0.25) is 14.2 Å². The van der Waals surface area contributed by atoms with Crippen LogP contribution in [-0.4, -0.2) is 58.0 Å². The van der Waals surface area contributed by atoms with Gasteiger partial charge in [-0.1, -0.05) is 0 Å². The summed E-state index contributed by atoms with van der Waals surface area (Å²) in [5, 5.41) is 0. The molecule has 3 heterocycles. The molecule has 1 atom stereocenters. The molecule has 9 heteroatoms. The van der Waals surface area contributed by atoms with E-state index < -0.39 is 17.4 Å². The number of halogens is 3. The summed E-state index contributed by atoms with van der Waals surface area (Å²) in [4.78, 5) is 31.0. The second-order valence-electron chi connectivity index (χ2n) is 7.63. The average molecular weight is 386 g/mol. The lowest BCUT2D eigenvalue weighted by molar-refractivity contribution is -0.141. The molecule has 0 aliphatic carbocycles. The summed E-state index contributed by atoms with van der Waals surface area (Å²) < 4.78 is 39.1. The minimum Gasteiger partial charge on any atom is -0.343 e. The molecule has 2 aliphatic heterocycles. The standard InChI is InChI=1S/C18H25F3N4O2/c1-13(26)24-7-4-15(11-24)9-23-5-2-14(3-6-23)10-25-12-22-16(8-17(25)27)18(19,20)21/h8,12,14-15H,2-7,9-11H2,1H3. The van der Waals surface area contributed by atoms with Gasteiger partial charge in [-0.05, 0) is 44.2 Å². The van der Waals surface area contributed by atoms with E-state index in [1.54, 1.807) is 6.92 Å². The molecule has 2 saturated heterocycles. The SMILES string of the molecule is CC(=O)N1CCC(CN2CCC(Cn3cnc(C(F)(F)F)cc3=O)CC2)C1. The number of rotatable bonds is 4. The van der Waals surface area contributed by atoms with E-state index in [-0.39, 0.29) is 11.8 Å². The van der Waals surface area contributed by atoms with Gasteiger partial charge in [-0.15, -0.1) is 0 Å². The van der Waals surface area contributed by atoms with Gasteiger partial charge in [-0.25, -0.2) is 4.98 Å². The van der Waals surface area contributed by atoms with E-state index in [1.165, 1.54) is 4.57 Å². The lowest BCUT2D eigenvalue weighted by atomic mass is 9.95. The summed E-state index contributed by atoms with van der Waals surface area (Å²) in [6.45, 7) is 6.44. The second-order valence-corrected chi connectivity index (χ2v) is 7.63. The Labute approximate surface area is 156 Å². The normalized spacial score (nSPS) is 22.4. The van der Waals surface area contributed by atoms with Gasteiger partial charge in [0.15, 0.2) is 5.69 Å². The number of alkyl halides is 3. The molecular weight excluding hydrogens is 361 g/mol. The van der Waals surface area contributed by atoms with E-state index in [0.717, 1.165) is 58.3 Å². The van der Waals surface area contributed by atoms with E-state index in [0.29, 0.717) is 18.5 Å². The van der Waals surface area contributed by atoms with Crippen LogP contribution in [0.3, 0.4) is 0 Å². The average Bonchev–Trinajstić information content (AvgIpc) is 3.06. The highest BCUT2D eigenvalue weighted by molar-refractivity contribution is 5.73. The molecule has 0 spiro atoms. The highest BCUT2D eigenvalue weighted by atomic mass is 19.4. The molecule has 2 aliphatic rings. The number of nitrogens with zero attached hydrogens (tertiary/aromatic N) is 4. The molecule has 27 heavy (non-hydrogen) atoms. The summed E-state index contributed by atoms with van der Waals surface area (Å²) in [7, 11) is 0. The van der Waals surface area contributed by atoms with Crippen LogP contribution in [0.25, 0.3) is 0 Å². The van der Waals surface area contributed by atoms with Crippen molar-refractivity contribution in [2.45, 2.75) is 38.9 Å². The first-order valence-corrected chi connectivity index (χ1v) is 9.34. The molecule has 1 aromatic rings. The van der Waals surface area contributed by atoms with Crippen molar-refractivity contribution in [3.8, 4) is 0 Å². The maximum atomic E-state index is 12.6. The lowest BCUT2D eigenvalue weighted by Gasteiger charge is -2.33. The molecule has 150 valence electrons. The highest BCUT2D eigenvalue weighted by Crippen LogP contribution is 2.26. The van der Waals surface area contributed by atoms with Crippen LogP contribution in [0.1, 0.15) is 31.9 Å². The Balaban J connectivity index is 1.47. The Hall–Kier alpha value is -1.90. The van der Waals surface area contributed by atoms with Crippen molar-refractivity contribution in [3.63, 3.8) is 0 Å². The Bertz CT molecular complexity index is 726. The fraction of sp³-hybridized carbons (Fsp3) is 0.722. The van der Waals surface area contributed by atoms with Gasteiger partial charge in [-0.2, -0.15) is 13.2 Å². The van der Waals surface area contributed by atoms with Crippen molar-refractivity contribution in [1.29, 1.82) is 0 Å². The third-order valence-electron chi connectivity index (χ3n) is 5.58. The van der Waals surface area contributed by atoms with Crippen molar-refractivity contribution in [3.05, 3.63) is 28.4 Å². The molecule has 0 N–H and O–H groups in total. The quantitative estimate of drug-likeness (QED) is 0.793. The van der Waals surface area contributed by atoms with Crippen molar-refractivity contribution < 1.29 is 18.0 Å². The third kappa shape index (κ3) is 5.09. The van der Waals surface area contributed by atoms with E-state index in [9.17, 15) is 22.8 Å².